The van der Waals surface area contributed by atoms with Gasteiger partial charge in [-0.2, -0.15) is 5.10 Å². The Labute approximate surface area is 132 Å². The number of aromatic nitrogens is 2. The van der Waals surface area contributed by atoms with Gasteiger partial charge in [0, 0.05) is 12.4 Å². The molecule has 1 aliphatic heterocycles. The molecule has 0 aliphatic carbocycles. The van der Waals surface area contributed by atoms with Gasteiger partial charge in [0.1, 0.15) is 0 Å². The lowest BCUT2D eigenvalue weighted by atomic mass is 10.1. The van der Waals surface area contributed by atoms with Crippen LogP contribution in [0.25, 0.3) is 5.69 Å². The van der Waals surface area contributed by atoms with Crippen molar-refractivity contribution in [3.8, 4) is 5.69 Å². The number of rotatable bonds is 3. The van der Waals surface area contributed by atoms with Crippen molar-refractivity contribution >= 4 is 17.4 Å². The second kappa shape index (κ2) is 5.21. The fraction of sp³-hybridized carbons (Fsp3) is 0.0556. The van der Waals surface area contributed by atoms with Gasteiger partial charge < -0.3 is 4.90 Å². The van der Waals surface area contributed by atoms with Crippen molar-refractivity contribution in [1.29, 1.82) is 0 Å². The van der Waals surface area contributed by atoms with E-state index < -0.39 is 11.7 Å². The summed E-state index contributed by atoms with van der Waals surface area (Å²) in [5.41, 5.74) is 3.06. The highest BCUT2D eigenvalue weighted by Crippen LogP contribution is 2.29. The fourth-order valence-corrected chi connectivity index (χ4v) is 2.76. The average molecular weight is 303 g/mol. The number of hydrogen-bond donors (Lipinski definition) is 0. The van der Waals surface area contributed by atoms with Gasteiger partial charge >= 0.3 is 0 Å². The molecule has 4 rings (SSSR count). The molecule has 0 saturated carbocycles. The van der Waals surface area contributed by atoms with Gasteiger partial charge in [0.25, 0.3) is 11.7 Å². The first-order chi connectivity index (χ1) is 11.2. The number of benzene rings is 2. The Balaban J connectivity index is 1.61. The summed E-state index contributed by atoms with van der Waals surface area (Å²) >= 11 is 0. The van der Waals surface area contributed by atoms with E-state index in [9.17, 15) is 9.59 Å². The molecular weight excluding hydrogens is 290 g/mol. The SMILES string of the molecule is O=C1C(=O)N(Cc2ccc(-n3cccn3)cc2)c2ccccc21. The van der Waals surface area contributed by atoms with Gasteiger partial charge in [0.15, 0.2) is 0 Å². The number of Topliss-reactive ketones (excluding diaryl/α,β-unsaturated/α-hetero) is 1. The van der Waals surface area contributed by atoms with Crippen LogP contribution in [0.1, 0.15) is 15.9 Å². The summed E-state index contributed by atoms with van der Waals surface area (Å²) < 4.78 is 1.77. The van der Waals surface area contributed by atoms with Crippen molar-refractivity contribution in [2.24, 2.45) is 0 Å². The van der Waals surface area contributed by atoms with Crippen molar-refractivity contribution in [3.63, 3.8) is 0 Å². The summed E-state index contributed by atoms with van der Waals surface area (Å²) in [6.07, 6.45) is 3.59. The molecule has 2 heterocycles. The van der Waals surface area contributed by atoms with E-state index in [-0.39, 0.29) is 0 Å². The quantitative estimate of drug-likeness (QED) is 0.699. The molecule has 0 spiro atoms. The first kappa shape index (κ1) is 13.5. The predicted octanol–water partition coefficient (Wildman–Crippen LogP) is 2.60. The molecule has 0 N–H and O–H groups in total. The smallest absolute Gasteiger partial charge is 0.299 e. The number of hydrogen-bond acceptors (Lipinski definition) is 3. The normalized spacial score (nSPS) is 13.5. The molecule has 3 aromatic rings. The third-order valence-corrected chi connectivity index (χ3v) is 3.92. The third-order valence-electron chi connectivity index (χ3n) is 3.92. The Bertz CT molecular complexity index is 883. The summed E-state index contributed by atoms with van der Waals surface area (Å²) in [6.45, 7) is 0.376. The zero-order valence-corrected chi connectivity index (χ0v) is 12.2. The molecule has 0 atom stereocenters. The molecule has 5 heteroatoms. The minimum atomic E-state index is -0.470. The number of amides is 1. The Kier molecular flexibility index (Phi) is 3.05. The van der Waals surface area contributed by atoms with Gasteiger partial charge in [0.2, 0.25) is 0 Å². The number of carbonyl (C=O) groups is 2. The van der Waals surface area contributed by atoms with Crippen LogP contribution in [0, 0.1) is 0 Å². The summed E-state index contributed by atoms with van der Waals surface area (Å²) in [4.78, 5) is 25.7. The van der Waals surface area contributed by atoms with E-state index in [2.05, 4.69) is 5.10 Å². The van der Waals surface area contributed by atoms with Crippen LogP contribution in [-0.4, -0.2) is 21.5 Å². The van der Waals surface area contributed by atoms with Crippen LogP contribution in [0.3, 0.4) is 0 Å². The highest BCUT2D eigenvalue weighted by Gasteiger charge is 2.35. The lowest BCUT2D eigenvalue weighted by Gasteiger charge is -2.16. The van der Waals surface area contributed by atoms with Crippen molar-refractivity contribution in [1.82, 2.24) is 9.78 Å². The molecule has 112 valence electrons. The number of nitrogens with zero attached hydrogens (tertiary/aromatic N) is 3. The predicted molar refractivity (Wildman–Crippen MR) is 85.5 cm³/mol. The van der Waals surface area contributed by atoms with Crippen molar-refractivity contribution in [2.45, 2.75) is 6.54 Å². The Morgan fingerprint density at radius 3 is 2.43 bits per heavy atom. The number of anilines is 1. The lowest BCUT2D eigenvalue weighted by molar-refractivity contribution is -0.114. The third kappa shape index (κ3) is 2.23. The number of carbonyl (C=O) groups excluding carboxylic acids is 2. The monoisotopic (exact) mass is 303 g/mol. The standard InChI is InChI=1S/C18H13N3O2/c22-17-15-4-1-2-5-16(15)20(18(17)23)12-13-6-8-14(9-7-13)21-11-3-10-19-21/h1-11H,12H2. The molecule has 1 aromatic heterocycles. The van der Waals surface area contributed by atoms with Crippen LogP contribution >= 0.6 is 0 Å². The molecular formula is C18H13N3O2. The summed E-state index contributed by atoms with van der Waals surface area (Å²) in [7, 11) is 0. The van der Waals surface area contributed by atoms with Crippen LogP contribution in [0.4, 0.5) is 5.69 Å². The highest BCUT2D eigenvalue weighted by molar-refractivity contribution is 6.52. The second-order valence-corrected chi connectivity index (χ2v) is 5.35. The van der Waals surface area contributed by atoms with E-state index in [1.165, 1.54) is 4.90 Å². The van der Waals surface area contributed by atoms with Crippen LogP contribution < -0.4 is 4.90 Å². The van der Waals surface area contributed by atoms with E-state index in [1.807, 2.05) is 42.6 Å². The molecule has 0 unspecified atom stereocenters. The van der Waals surface area contributed by atoms with Gasteiger partial charge in [0.05, 0.1) is 23.5 Å². The molecule has 0 radical (unpaired) electrons. The Hall–Kier alpha value is -3.21. The number of fused-ring (bicyclic) bond motifs is 1. The van der Waals surface area contributed by atoms with Crippen molar-refractivity contribution in [3.05, 3.63) is 78.1 Å². The van der Waals surface area contributed by atoms with Gasteiger partial charge in [-0.25, -0.2) is 4.68 Å². The van der Waals surface area contributed by atoms with Crippen molar-refractivity contribution < 1.29 is 9.59 Å². The second-order valence-electron chi connectivity index (χ2n) is 5.35. The van der Waals surface area contributed by atoms with Gasteiger partial charge in [-0.15, -0.1) is 0 Å². The highest BCUT2D eigenvalue weighted by atomic mass is 16.2. The van der Waals surface area contributed by atoms with Crippen LogP contribution in [0.5, 0.6) is 0 Å². The molecule has 1 amide bonds. The van der Waals surface area contributed by atoms with E-state index >= 15 is 0 Å². The minimum absolute atomic E-state index is 0.376. The van der Waals surface area contributed by atoms with Crippen LogP contribution in [0.15, 0.2) is 67.0 Å². The maximum Gasteiger partial charge on any atom is 0.299 e. The summed E-state index contributed by atoms with van der Waals surface area (Å²) in [5, 5.41) is 4.18. The first-order valence-corrected chi connectivity index (χ1v) is 7.28. The van der Waals surface area contributed by atoms with Crippen molar-refractivity contribution in [2.75, 3.05) is 4.90 Å². The summed E-state index contributed by atoms with van der Waals surface area (Å²) in [6, 6.07) is 16.7. The lowest BCUT2D eigenvalue weighted by Crippen LogP contribution is -2.29. The van der Waals surface area contributed by atoms with E-state index in [4.69, 9.17) is 0 Å². The minimum Gasteiger partial charge on any atom is -0.300 e. The first-order valence-electron chi connectivity index (χ1n) is 7.28. The molecule has 1 aliphatic rings. The zero-order valence-electron chi connectivity index (χ0n) is 12.2. The van der Waals surface area contributed by atoms with Crippen LogP contribution in [0.2, 0.25) is 0 Å². The molecule has 0 fully saturated rings. The number of ketones is 1. The Morgan fingerprint density at radius 2 is 1.70 bits per heavy atom. The molecule has 23 heavy (non-hydrogen) atoms. The average Bonchev–Trinajstić information content (AvgIpc) is 3.20. The molecule has 0 bridgehead atoms. The van der Waals surface area contributed by atoms with Gasteiger partial charge in [-0.3, -0.25) is 9.59 Å². The topological polar surface area (TPSA) is 55.2 Å². The maximum atomic E-state index is 12.2. The summed E-state index contributed by atoms with van der Waals surface area (Å²) in [5.74, 6) is -0.906. The van der Waals surface area contributed by atoms with E-state index in [1.54, 1.807) is 29.1 Å². The van der Waals surface area contributed by atoms with Gasteiger partial charge in [-0.05, 0) is 35.9 Å². The maximum absolute atomic E-state index is 12.2. The van der Waals surface area contributed by atoms with Crippen LogP contribution in [-0.2, 0) is 11.3 Å². The molecule has 0 saturated heterocycles. The number of para-hydroxylation sites is 1. The van der Waals surface area contributed by atoms with E-state index in [0.29, 0.717) is 17.8 Å². The molecule has 5 nitrogen and oxygen atoms in total. The zero-order chi connectivity index (χ0) is 15.8. The largest absolute Gasteiger partial charge is 0.300 e. The Morgan fingerprint density at radius 1 is 0.913 bits per heavy atom. The molecule has 2 aromatic carbocycles. The fourth-order valence-electron chi connectivity index (χ4n) is 2.76. The van der Waals surface area contributed by atoms with E-state index in [0.717, 1.165) is 11.3 Å². The van der Waals surface area contributed by atoms with Gasteiger partial charge in [-0.1, -0.05) is 24.3 Å².